The van der Waals surface area contributed by atoms with Gasteiger partial charge in [-0.15, -0.1) is 5.01 Å². The van der Waals surface area contributed by atoms with Crippen molar-refractivity contribution in [1.82, 2.24) is 5.01 Å². The van der Waals surface area contributed by atoms with Crippen LogP contribution in [-0.4, -0.2) is 36.9 Å². The van der Waals surface area contributed by atoms with Crippen LogP contribution in [-0.2, 0) is 0 Å². The summed E-state index contributed by atoms with van der Waals surface area (Å²) in [5.41, 5.74) is 0. The number of rotatable bonds is 2. The second-order valence-electron chi connectivity index (χ2n) is 1.57. The van der Waals surface area contributed by atoms with Crippen molar-refractivity contribution in [3.8, 4) is 0 Å². The summed E-state index contributed by atoms with van der Waals surface area (Å²) >= 11 is 0. The van der Waals surface area contributed by atoms with E-state index < -0.39 is 11.9 Å². The van der Waals surface area contributed by atoms with Crippen LogP contribution in [0.5, 0.6) is 0 Å². The number of carbonyl (C=O) groups is 1. The quantitative estimate of drug-likeness (QED) is 0.270. The fourth-order valence-corrected chi connectivity index (χ4v) is 0.407. The fourth-order valence-electron chi connectivity index (χ4n) is 0.407. The topological polar surface area (TPSA) is 105 Å². The minimum Gasteiger partial charge on any atom is -0.305 e. The Labute approximate surface area is 68.8 Å². The fraction of sp³-hybridized carbons (Fsp3) is 0.200. The van der Waals surface area contributed by atoms with Crippen molar-refractivity contribution in [2.24, 2.45) is 15.3 Å². The van der Waals surface area contributed by atoms with Crippen molar-refractivity contribution in [3.63, 3.8) is 0 Å². The first kappa shape index (κ1) is 10.1. The Bertz CT molecular complexity index is 224. The minimum absolute atomic E-state index is 0.419. The molecule has 0 atom stereocenters. The molecule has 0 aliphatic carbocycles. The predicted molar refractivity (Wildman–Crippen MR) is 44.1 cm³/mol. The Morgan fingerprint density at radius 2 is 2.25 bits per heavy atom. The molecule has 0 aromatic rings. The summed E-state index contributed by atoms with van der Waals surface area (Å²) in [6.45, 7) is 2.97. The molecule has 2 N–H and O–H groups in total. The van der Waals surface area contributed by atoms with E-state index in [0.717, 1.165) is 0 Å². The third-order valence-electron chi connectivity index (χ3n) is 0.860. The van der Waals surface area contributed by atoms with Crippen LogP contribution in [0, 0.1) is 10.8 Å². The van der Waals surface area contributed by atoms with Gasteiger partial charge in [0, 0.05) is 0 Å². The summed E-state index contributed by atoms with van der Waals surface area (Å²) in [4.78, 5) is 13.8. The lowest BCUT2D eigenvalue weighted by Crippen LogP contribution is -2.29. The molecule has 0 rings (SSSR count). The van der Waals surface area contributed by atoms with Crippen LogP contribution in [0.2, 0.25) is 0 Å². The van der Waals surface area contributed by atoms with Gasteiger partial charge in [-0.1, -0.05) is 5.22 Å². The zero-order valence-corrected chi connectivity index (χ0v) is 6.48. The summed E-state index contributed by atoms with van der Waals surface area (Å²) in [6, 6.07) is -0.839. The lowest BCUT2D eigenvalue weighted by molar-refractivity contribution is 0.230. The first-order valence-electron chi connectivity index (χ1n) is 2.87. The number of amides is 2. The second kappa shape index (κ2) is 4.83. The molecular weight excluding hydrogens is 160 g/mol. The van der Waals surface area contributed by atoms with Crippen LogP contribution in [0.4, 0.5) is 4.79 Å². The predicted octanol–water partition coefficient (Wildman–Crippen LogP) is 0.733. The first-order chi connectivity index (χ1) is 5.67. The van der Waals surface area contributed by atoms with Crippen LogP contribution in [0.1, 0.15) is 0 Å². The van der Waals surface area contributed by atoms with E-state index in [1.807, 2.05) is 0 Å². The van der Waals surface area contributed by atoms with Gasteiger partial charge >= 0.3 is 6.03 Å². The van der Waals surface area contributed by atoms with E-state index in [0.29, 0.717) is 11.2 Å². The lowest BCUT2D eigenvalue weighted by atomic mass is 10.6. The molecule has 0 unspecified atom stereocenters. The van der Waals surface area contributed by atoms with Crippen molar-refractivity contribution in [2.45, 2.75) is 0 Å². The SMILES string of the molecule is C=NC(=O)N(/N=N\C)C(=N)C=N. The smallest absolute Gasteiger partial charge is 0.305 e. The number of hydrogen-bond donors (Lipinski definition) is 2. The highest BCUT2D eigenvalue weighted by atomic mass is 16.2. The number of aliphatic imine (C=N–C) groups is 1. The maximum Gasteiger partial charge on any atom is 0.370 e. The number of amidine groups is 1. The standard InChI is InChI=1S/C5H8N6O/c1-8-5(12)11(10-9-2)4(7)3-6/h3,6-7H,1H2,2H3/b6-3?,7-4?,10-9-. The molecule has 0 aliphatic rings. The van der Waals surface area contributed by atoms with Gasteiger partial charge in [0.15, 0.2) is 5.84 Å². The molecule has 0 saturated heterocycles. The highest BCUT2D eigenvalue weighted by Crippen LogP contribution is 1.94. The van der Waals surface area contributed by atoms with Crippen LogP contribution in [0.15, 0.2) is 15.3 Å². The Morgan fingerprint density at radius 3 is 2.58 bits per heavy atom. The Hall–Kier alpha value is -1.92. The van der Waals surface area contributed by atoms with Crippen molar-refractivity contribution in [2.75, 3.05) is 7.05 Å². The van der Waals surface area contributed by atoms with Crippen molar-refractivity contribution in [1.29, 1.82) is 10.8 Å². The molecule has 0 aliphatic heterocycles. The molecule has 0 spiro atoms. The normalized spacial score (nSPS) is 9.42. The molecule has 7 heteroatoms. The van der Waals surface area contributed by atoms with E-state index in [1.165, 1.54) is 7.05 Å². The largest absolute Gasteiger partial charge is 0.370 e. The second-order valence-corrected chi connectivity index (χ2v) is 1.57. The molecule has 12 heavy (non-hydrogen) atoms. The van der Waals surface area contributed by atoms with Gasteiger partial charge in [-0.2, -0.15) is 5.11 Å². The van der Waals surface area contributed by atoms with Crippen molar-refractivity contribution >= 4 is 24.8 Å². The van der Waals surface area contributed by atoms with Gasteiger partial charge in [0.05, 0.1) is 13.3 Å². The number of hydrogen-bond acceptors (Lipinski definition) is 5. The highest BCUT2D eigenvalue weighted by molar-refractivity contribution is 6.29. The number of nitrogens with one attached hydrogen (secondary N) is 2. The van der Waals surface area contributed by atoms with Gasteiger partial charge in [-0.25, -0.2) is 9.79 Å². The van der Waals surface area contributed by atoms with E-state index in [2.05, 4.69) is 22.0 Å². The lowest BCUT2D eigenvalue weighted by Gasteiger charge is -2.08. The molecular formula is C5H8N6O. The molecule has 64 valence electrons. The average molecular weight is 168 g/mol. The zero-order chi connectivity index (χ0) is 9.56. The van der Waals surface area contributed by atoms with E-state index in [1.54, 1.807) is 0 Å². The van der Waals surface area contributed by atoms with Gasteiger partial charge in [0.2, 0.25) is 0 Å². The molecule has 0 bridgehead atoms. The van der Waals surface area contributed by atoms with Crippen LogP contribution >= 0.6 is 0 Å². The minimum atomic E-state index is -0.839. The number of carbonyl (C=O) groups excluding carboxylic acids is 1. The van der Waals surface area contributed by atoms with Gasteiger partial charge in [-0.3, -0.25) is 5.41 Å². The van der Waals surface area contributed by atoms with Crippen molar-refractivity contribution < 1.29 is 4.79 Å². The van der Waals surface area contributed by atoms with Gasteiger partial charge in [-0.05, 0) is 6.72 Å². The summed E-state index contributed by atoms with van der Waals surface area (Å²) in [5, 5.41) is 20.8. The highest BCUT2D eigenvalue weighted by Gasteiger charge is 2.14. The third kappa shape index (κ3) is 2.37. The number of nitrogens with zero attached hydrogens (tertiary/aromatic N) is 4. The summed E-state index contributed by atoms with van der Waals surface area (Å²) in [5.74, 6) is -0.419. The molecule has 0 aromatic heterocycles. The summed E-state index contributed by atoms with van der Waals surface area (Å²) in [6.07, 6.45) is 0.651. The maximum absolute atomic E-state index is 10.8. The van der Waals surface area contributed by atoms with Gasteiger partial charge < -0.3 is 5.41 Å². The van der Waals surface area contributed by atoms with Crippen LogP contribution in [0.25, 0.3) is 0 Å². The molecule has 0 aromatic carbocycles. The van der Waals surface area contributed by atoms with Crippen LogP contribution < -0.4 is 0 Å². The Balaban J connectivity index is 4.64. The Morgan fingerprint density at radius 1 is 1.67 bits per heavy atom. The molecule has 0 heterocycles. The summed E-state index contributed by atoms with van der Waals surface area (Å²) < 4.78 is 0. The molecule has 0 radical (unpaired) electrons. The van der Waals surface area contributed by atoms with E-state index in [-0.39, 0.29) is 0 Å². The number of urea groups is 1. The van der Waals surface area contributed by atoms with Crippen LogP contribution in [0.3, 0.4) is 0 Å². The van der Waals surface area contributed by atoms with E-state index >= 15 is 0 Å². The average Bonchev–Trinajstić information content (AvgIpc) is 2.11. The Kier molecular flexibility index (Phi) is 4.06. The third-order valence-corrected chi connectivity index (χ3v) is 0.860. The van der Waals surface area contributed by atoms with E-state index in [4.69, 9.17) is 10.8 Å². The first-order valence-corrected chi connectivity index (χ1v) is 2.87. The van der Waals surface area contributed by atoms with Crippen molar-refractivity contribution in [3.05, 3.63) is 0 Å². The maximum atomic E-state index is 10.8. The van der Waals surface area contributed by atoms with Gasteiger partial charge in [0.1, 0.15) is 0 Å². The summed E-state index contributed by atoms with van der Waals surface area (Å²) in [7, 11) is 1.33. The van der Waals surface area contributed by atoms with E-state index in [9.17, 15) is 4.79 Å². The molecule has 0 fully saturated rings. The molecule has 0 saturated carbocycles. The monoisotopic (exact) mass is 168 g/mol. The van der Waals surface area contributed by atoms with Gasteiger partial charge in [0.25, 0.3) is 0 Å². The molecule has 2 amide bonds. The molecule has 7 nitrogen and oxygen atoms in total. The zero-order valence-electron chi connectivity index (χ0n) is 6.48.